The smallest absolute Gasteiger partial charge is 0.410 e. The minimum atomic E-state index is -0.506. The van der Waals surface area contributed by atoms with Crippen LogP contribution in [-0.2, 0) is 9.53 Å². The number of rotatable bonds is 4. The second-order valence-corrected chi connectivity index (χ2v) is 6.22. The molecule has 3 N–H and O–H groups in total. The van der Waals surface area contributed by atoms with E-state index in [4.69, 9.17) is 10.5 Å². The number of nitrogens with zero attached hydrogens (tertiary/aromatic N) is 3. The first-order valence-corrected chi connectivity index (χ1v) is 7.63. The van der Waals surface area contributed by atoms with Gasteiger partial charge in [-0.05, 0) is 20.8 Å². The fraction of sp³-hybridized carbons (Fsp3) is 0.667. The highest BCUT2D eigenvalue weighted by molar-refractivity contribution is 14.0. The van der Waals surface area contributed by atoms with Gasteiger partial charge >= 0.3 is 6.09 Å². The zero-order valence-electron chi connectivity index (χ0n) is 14.6. The van der Waals surface area contributed by atoms with E-state index in [9.17, 15) is 9.59 Å². The maximum absolute atomic E-state index is 12.0. The van der Waals surface area contributed by atoms with E-state index in [1.807, 2.05) is 25.7 Å². The highest BCUT2D eigenvalue weighted by Crippen LogP contribution is 2.11. The lowest BCUT2D eigenvalue weighted by molar-refractivity contribution is -0.119. The first kappa shape index (κ1) is 22.5. The molecule has 1 fully saturated rings. The molecule has 138 valence electrons. The van der Waals surface area contributed by atoms with Crippen LogP contribution in [0.15, 0.2) is 17.6 Å². The summed E-state index contributed by atoms with van der Waals surface area (Å²) in [6, 6.07) is 0. The highest BCUT2D eigenvalue weighted by Gasteiger charge is 2.26. The Morgan fingerprint density at radius 2 is 1.79 bits per heavy atom. The second-order valence-electron chi connectivity index (χ2n) is 6.22. The van der Waals surface area contributed by atoms with Crippen molar-refractivity contribution in [2.75, 3.05) is 39.3 Å². The number of amides is 2. The number of hydrogen-bond donors (Lipinski definition) is 2. The molecule has 1 saturated heterocycles. The lowest BCUT2D eigenvalue weighted by Crippen LogP contribution is -2.53. The predicted octanol–water partition coefficient (Wildman–Crippen LogP) is 0.774. The molecule has 0 aromatic rings. The van der Waals surface area contributed by atoms with Crippen LogP contribution in [-0.4, -0.2) is 72.6 Å². The number of carbonyl (C=O) groups excluding carboxylic acids is 2. The first-order valence-electron chi connectivity index (χ1n) is 7.63. The predicted molar refractivity (Wildman–Crippen MR) is 104 cm³/mol. The lowest BCUT2D eigenvalue weighted by atomic mass is 10.2. The molecule has 0 bridgehead atoms. The van der Waals surface area contributed by atoms with Crippen LogP contribution in [0.1, 0.15) is 20.8 Å². The maximum atomic E-state index is 12.0. The van der Waals surface area contributed by atoms with Gasteiger partial charge in [-0.1, -0.05) is 6.08 Å². The molecule has 0 aromatic carbocycles. The van der Waals surface area contributed by atoms with E-state index in [2.05, 4.69) is 16.9 Å². The Balaban J connectivity index is 0.00000529. The molecule has 0 aliphatic carbocycles. The molecule has 9 heteroatoms. The monoisotopic (exact) mass is 453 g/mol. The minimum Gasteiger partial charge on any atom is -0.444 e. The Morgan fingerprint density at radius 3 is 2.29 bits per heavy atom. The average molecular weight is 453 g/mol. The zero-order chi connectivity index (χ0) is 17.5. The van der Waals surface area contributed by atoms with E-state index in [0.29, 0.717) is 38.7 Å². The number of guanidine groups is 1. The molecule has 8 nitrogen and oxygen atoms in total. The molecule has 0 spiro atoms. The van der Waals surface area contributed by atoms with E-state index < -0.39 is 5.60 Å². The van der Waals surface area contributed by atoms with Gasteiger partial charge in [-0.15, -0.1) is 30.6 Å². The van der Waals surface area contributed by atoms with Crippen molar-refractivity contribution in [3.8, 4) is 0 Å². The van der Waals surface area contributed by atoms with Gasteiger partial charge in [0.05, 0.1) is 0 Å². The van der Waals surface area contributed by atoms with Crippen molar-refractivity contribution in [1.82, 2.24) is 15.1 Å². The molecular formula is C15H28IN5O3. The summed E-state index contributed by atoms with van der Waals surface area (Å²) in [6.45, 7) is 11.5. The molecule has 0 aromatic heterocycles. The molecule has 2 amide bonds. The van der Waals surface area contributed by atoms with Gasteiger partial charge in [0.25, 0.3) is 0 Å². The summed E-state index contributed by atoms with van der Waals surface area (Å²) >= 11 is 0. The van der Waals surface area contributed by atoms with E-state index in [-0.39, 0.29) is 42.5 Å². The van der Waals surface area contributed by atoms with Gasteiger partial charge in [0, 0.05) is 32.7 Å². The number of hydrogen-bond acceptors (Lipinski definition) is 4. The van der Waals surface area contributed by atoms with Crippen LogP contribution in [0.2, 0.25) is 0 Å². The number of aliphatic imine (C=N–C) groups is 1. The first-order chi connectivity index (χ1) is 10.7. The SMILES string of the molecule is C=CCNC(=O)CN=C(N)N1CCN(C(=O)OC(C)(C)C)CC1.I. The third-order valence-electron chi connectivity index (χ3n) is 3.08. The molecule has 1 aliphatic rings. The van der Waals surface area contributed by atoms with Crippen LogP contribution in [0.4, 0.5) is 4.79 Å². The Kier molecular flexibility index (Phi) is 9.71. The van der Waals surface area contributed by atoms with Gasteiger partial charge in [0.1, 0.15) is 12.1 Å². The minimum absolute atomic E-state index is 0. The van der Waals surface area contributed by atoms with Crippen molar-refractivity contribution in [1.29, 1.82) is 0 Å². The molecule has 1 heterocycles. The topological polar surface area (TPSA) is 100 Å². The second kappa shape index (κ2) is 10.4. The largest absolute Gasteiger partial charge is 0.444 e. The molecule has 0 saturated carbocycles. The Bertz CT molecular complexity index is 468. The van der Waals surface area contributed by atoms with Crippen molar-refractivity contribution in [3.63, 3.8) is 0 Å². The Morgan fingerprint density at radius 1 is 1.25 bits per heavy atom. The summed E-state index contributed by atoms with van der Waals surface area (Å²) in [5.41, 5.74) is 5.38. The van der Waals surface area contributed by atoms with Crippen molar-refractivity contribution < 1.29 is 14.3 Å². The quantitative estimate of drug-likeness (QED) is 0.284. The van der Waals surface area contributed by atoms with Crippen molar-refractivity contribution in [3.05, 3.63) is 12.7 Å². The number of piperazine rings is 1. The van der Waals surface area contributed by atoms with Crippen molar-refractivity contribution in [2.24, 2.45) is 10.7 Å². The molecule has 0 radical (unpaired) electrons. The lowest BCUT2D eigenvalue weighted by Gasteiger charge is -2.36. The van der Waals surface area contributed by atoms with Gasteiger partial charge in [-0.25, -0.2) is 9.79 Å². The molecule has 0 unspecified atom stereocenters. The fourth-order valence-corrected chi connectivity index (χ4v) is 1.94. The number of carbonyl (C=O) groups is 2. The van der Waals surface area contributed by atoms with E-state index >= 15 is 0 Å². The highest BCUT2D eigenvalue weighted by atomic mass is 127. The standard InChI is InChI=1S/C15H27N5O3.HI/c1-5-6-17-12(21)11-18-13(16)19-7-9-20(10-8-19)14(22)23-15(2,3)4;/h5H,1,6-11H2,2-4H3,(H2,16,18)(H,17,21);1H. The van der Waals surface area contributed by atoms with Crippen LogP contribution in [0.25, 0.3) is 0 Å². The van der Waals surface area contributed by atoms with Crippen LogP contribution in [0.3, 0.4) is 0 Å². The van der Waals surface area contributed by atoms with Gasteiger partial charge in [-0.3, -0.25) is 4.79 Å². The molecule has 24 heavy (non-hydrogen) atoms. The summed E-state index contributed by atoms with van der Waals surface area (Å²) in [5, 5.41) is 2.63. The number of nitrogens with one attached hydrogen (secondary N) is 1. The fourth-order valence-electron chi connectivity index (χ4n) is 1.94. The normalized spacial score (nSPS) is 15.4. The Hall–Kier alpha value is -1.52. The number of nitrogens with two attached hydrogens (primary N) is 1. The van der Waals surface area contributed by atoms with Gasteiger partial charge in [-0.2, -0.15) is 0 Å². The number of halogens is 1. The molecule has 0 atom stereocenters. The Labute approximate surface area is 160 Å². The zero-order valence-corrected chi connectivity index (χ0v) is 16.9. The van der Waals surface area contributed by atoms with Crippen LogP contribution >= 0.6 is 24.0 Å². The summed E-state index contributed by atoms with van der Waals surface area (Å²) in [7, 11) is 0. The average Bonchev–Trinajstić information content (AvgIpc) is 2.49. The summed E-state index contributed by atoms with van der Waals surface area (Å²) in [6.07, 6.45) is 1.28. The van der Waals surface area contributed by atoms with Gasteiger partial charge < -0.3 is 25.6 Å². The van der Waals surface area contributed by atoms with Crippen molar-refractivity contribution >= 4 is 41.9 Å². The third-order valence-corrected chi connectivity index (χ3v) is 3.08. The number of ether oxygens (including phenoxy) is 1. The van der Waals surface area contributed by atoms with E-state index in [0.717, 1.165) is 0 Å². The summed E-state index contributed by atoms with van der Waals surface area (Å²) in [4.78, 5) is 31.0. The van der Waals surface area contributed by atoms with Crippen LogP contribution in [0, 0.1) is 0 Å². The molecular weight excluding hydrogens is 425 g/mol. The van der Waals surface area contributed by atoms with Crippen LogP contribution in [0.5, 0.6) is 0 Å². The van der Waals surface area contributed by atoms with Gasteiger partial charge in [0.15, 0.2) is 5.96 Å². The molecule has 1 aliphatic heterocycles. The van der Waals surface area contributed by atoms with Gasteiger partial charge in [0.2, 0.25) is 5.91 Å². The van der Waals surface area contributed by atoms with Crippen LogP contribution < -0.4 is 11.1 Å². The third kappa shape index (κ3) is 8.37. The summed E-state index contributed by atoms with van der Waals surface area (Å²) in [5.74, 6) is 0.0998. The van der Waals surface area contributed by atoms with E-state index in [1.165, 1.54) is 0 Å². The maximum Gasteiger partial charge on any atom is 0.410 e. The molecule has 1 rings (SSSR count). The van der Waals surface area contributed by atoms with Crippen molar-refractivity contribution in [2.45, 2.75) is 26.4 Å². The van der Waals surface area contributed by atoms with E-state index in [1.54, 1.807) is 11.0 Å². The summed E-state index contributed by atoms with van der Waals surface area (Å²) < 4.78 is 5.34.